The van der Waals surface area contributed by atoms with Crippen LogP contribution in [0, 0.1) is 5.92 Å². The predicted molar refractivity (Wildman–Crippen MR) is 79.2 cm³/mol. The molecule has 3 N–H and O–H groups in total. The van der Waals surface area contributed by atoms with Gasteiger partial charge in [0.05, 0.1) is 0 Å². The van der Waals surface area contributed by atoms with Gasteiger partial charge in [0.25, 0.3) is 0 Å². The molecule has 0 bridgehead atoms. The number of hydrogen-bond acceptors (Lipinski definition) is 5. The molecule has 0 spiro atoms. The van der Waals surface area contributed by atoms with Gasteiger partial charge in [0.2, 0.25) is 0 Å². The summed E-state index contributed by atoms with van der Waals surface area (Å²) in [4.78, 5) is 10.8. The summed E-state index contributed by atoms with van der Waals surface area (Å²) in [5.41, 5.74) is 7.00. The first kappa shape index (κ1) is 14.1. The summed E-state index contributed by atoms with van der Waals surface area (Å²) in [5, 5.41) is 3.47. The van der Waals surface area contributed by atoms with Gasteiger partial charge in [-0.25, -0.2) is 9.97 Å². The third kappa shape index (κ3) is 3.80. The molecule has 106 valence electrons. The van der Waals surface area contributed by atoms with E-state index in [1.54, 1.807) is 6.33 Å². The summed E-state index contributed by atoms with van der Waals surface area (Å²) >= 11 is 0. The topological polar surface area (TPSA) is 67.1 Å². The van der Waals surface area contributed by atoms with Crippen LogP contribution in [0.15, 0.2) is 6.33 Å². The molecule has 1 unspecified atom stereocenters. The first-order valence-electron chi connectivity index (χ1n) is 7.22. The number of nitrogen functional groups attached to an aromatic ring is 1. The van der Waals surface area contributed by atoms with Crippen LogP contribution in [0.25, 0.3) is 0 Å². The van der Waals surface area contributed by atoms with E-state index in [4.69, 9.17) is 5.73 Å². The zero-order valence-electron chi connectivity index (χ0n) is 12.0. The van der Waals surface area contributed by atoms with Crippen molar-refractivity contribution >= 4 is 11.6 Å². The van der Waals surface area contributed by atoms with E-state index in [0.29, 0.717) is 11.7 Å². The molecule has 0 aromatic carbocycles. The minimum Gasteiger partial charge on any atom is -0.383 e. The average Bonchev–Trinajstić information content (AvgIpc) is 2.40. The molecule has 19 heavy (non-hydrogen) atoms. The summed E-state index contributed by atoms with van der Waals surface area (Å²) in [6.45, 7) is 5.50. The van der Waals surface area contributed by atoms with Crippen molar-refractivity contribution in [2.75, 3.05) is 37.7 Å². The van der Waals surface area contributed by atoms with Crippen molar-refractivity contribution in [3.05, 3.63) is 11.9 Å². The molecule has 1 aromatic heterocycles. The minimum atomic E-state index is 0.611. The van der Waals surface area contributed by atoms with Gasteiger partial charge in [0, 0.05) is 18.7 Å². The number of nitrogens with one attached hydrogen (secondary N) is 1. The Morgan fingerprint density at radius 2 is 2.32 bits per heavy atom. The SMILES string of the molecule is CCCc1c(N)ncnc1NCC1CCCN(C)C1. The van der Waals surface area contributed by atoms with Gasteiger partial charge in [-0.2, -0.15) is 0 Å². The van der Waals surface area contributed by atoms with Gasteiger partial charge in [0.1, 0.15) is 18.0 Å². The highest BCUT2D eigenvalue weighted by atomic mass is 15.1. The molecule has 2 heterocycles. The third-order valence-corrected chi connectivity index (χ3v) is 3.76. The van der Waals surface area contributed by atoms with Crippen LogP contribution in [-0.4, -0.2) is 41.5 Å². The lowest BCUT2D eigenvalue weighted by Crippen LogP contribution is -2.35. The number of piperidine rings is 1. The molecule has 5 heteroatoms. The second-order valence-electron chi connectivity index (χ2n) is 5.49. The quantitative estimate of drug-likeness (QED) is 0.847. The van der Waals surface area contributed by atoms with Gasteiger partial charge < -0.3 is 16.0 Å². The Labute approximate surface area is 115 Å². The van der Waals surface area contributed by atoms with Crippen molar-refractivity contribution in [3.8, 4) is 0 Å². The van der Waals surface area contributed by atoms with Gasteiger partial charge in [-0.3, -0.25) is 0 Å². The summed E-state index contributed by atoms with van der Waals surface area (Å²) in [7, 11) is 2.19. The highest BCUT2D eigenvalue weighted by Crippen LogP contribution is 2.21. The van der Waals surface area contributed by atoms with E-state index >= 15 is 0 Å². The summed E-state index contributed by atoms with van der Waals surface area (Å²) in [6.07, 6.45) is 6.11. The molecule has 1 aromatic rings. The molecular weight excluding hydrogens is 238 g/mol. The van der Waals surface area contributed by atoms with E-state index in [-0.39, 0.29) is 0 Å². The first-order valence-corrected chi connectivity index (χ1v) is 7.22. The second-order valence-corrected chi connectivity index (χ2v) is 5.49. The number of nitrogens with zero attached hydrogens (tertiary/aromatic N) is 3. The number of hydrogen-bond donors (Lipinski definition) is 2. The molecule has 1 aliphatic rings. The lowest BCUT2D eigenvalue weighted by molar-refractivity contribution is 0.217. The molecule has 0 saturated carbocycles. The van der Waals surface area contributed by atoms with Crippen LogP contribution >= 0.6 is 0 Å². The van der Waals surface area contributed by atoms with E-state index in [2.05, 4.69) is 34.2 Å². The van der Waals surface area contributed by atoms with Gasteiger partial charge in [-0.1, -0.05) is 13.3 Å². The van der Waals surface area contributed by atoms with Gasteiger partial charge in [-0.15, -0.1) is 0 Å². The lowest BCUT2D eigenvalue weighted by Gasteiger charge is -2.30. The monoisotopic (exact) mass is 263 g/mol. The summed E-state index contributed by atoms with van der Waals surface area (Å²) in [6, 6.07) is 0. The van der Waals surface area contributed by atoms with E-state index in [1.807, 2.05) is 0 Å². The van der Waals surface area contributed by atoms with E-state index in [9.17, 15) is 0 Å². The molecule has 1 atom stereocenters. The average molecular weight is 263 g/mol. The Hall–Kier alpha value is -1.36. The summed E-state index contributed by atoms with van der Waals surface area (Å²) in [5.74, 6) is 2.23. The van der Waals surface area contributed by atoms with Crippen LogP contribution in [0.2, 0.25) is 0 Å². The number of rotatable bonds is 5. The molecule has 1 saturated heterocycles. The van der Waals surface area contributed by atoms with Crippen molar-refractivity contribution in [3.63, 3.8) is 0 Å². The van der Waals surface area contributed by atoms with Gasteiger partial charge in [0.15, 0.2) is 0 Å². The van der Waals surface area contributed by atoms with Crippen LogP contribution < -0.4 is 11.1 Å². The Balaban J connectivity index is 1.96. The number of anilines is 2. The first-order chi connectivity index (χ1) is 9.20. The van der Waals surface area contributed by atoms with Crippen molar-refractivity contribution in [2.24, 2.45) is 5.92 Å². The van der Waals surface area contributed by atoms with E-state index < -0.39 is 0 Å². The molecule has 1 aliphatic heterocycles. The van der Waals surface area contributed by atoms with E-state index in [1.165, 1.54) is 19.4 Å². The molecule has 1 fully saturated rings. The van der Waals surface area contributed by atoms with Crippen molar-refractivity contribution < 1.29 is 0 Å². The van der Waals surface area contributed by atoms with Crippen LogP contribution in [-0.2, 0) is 6.42 Å². The van der Waals surface area contributed by atoms with Crippen LogP contribution in [0.5, 0.6) is 0 Å². The number of nitrogens with two attached hydrogens (primary N) is 1. The Morgan fingerprint density at radius 1 is 1.47 bits per heavy atom. The molecule has 0 aliphatic carbocycles. The zero-order valence-corrected chi connectivity index (χ0v) is 12.0. The Bertz CT molecular complexity index is 407. The van der Waals surface area contributed by atoms with Gasteiger partial charge >= 0.3 is 0 Å². The minimum absolute atomic E-state index is 0.611. The zero-order chi connectivity index (χ0) is 13.7. The third-order valence-electron chi connectivity index (χ3n) is 3.76. The maximum atomic E-state index is 5.94. The standard InChI is InChI=1S/C14H25N5/c1-3-5-12-13(15)17-10-18-14(12)16-8-11-6-4-7-19(2)9-11/h10-11H,3-9H2,1-2H3,(H3,15,16,17,18). The molecule has 0 radical (unpaired) electrons. The smallest absolute Gasteiger partial charge is 0.134 e. The predicted octanol–water partition coefficient (Wildman–Crippen LogP) is 1.76. The normalized spacial score (nSPS) is 20.4. The van der Waals surface area contributed by atoms with Crippen LogP contribution in [0.3, 0.4) is 0 Å². The fourth-order valence-corrected chi connectivity index (χ4v) is 2.76. The van der Waals surface area contributed by atoms with Gasteiger partial charge in [-0.05, 0) is 38.8 Å². The number of likely N-dealkylation sites (tertiary alicyclic amines) is 1. The fraction of sp³-hybridized carbons (Fsp3) is 0.714. The largest absolute Gasteiger partial charge is 0.383 e. The van der Waals surface area contributed by atoms with Crippen LogP contribution in [0.1, 0.15) is 31.7 Å². The van der Waals surface area contributed by atoms with Crippen molar-refractivity contribution in [1.82, 2.24) is 14.9 Å². The molecular formula is C14H25N5. The lowest BCUT2D eigenvalue weighted by atomic mass is 9.98. The molecule has 2 rings (SSSR count). The maximum absolute atomic E-state index is 5.94. The number of aromatic nitrogens is 2. The van der Waals surface area contributed by atoms with Crippen LogP contribution in [0.4, 0.5) is 11.6 Å². The Kier molecular flexibility index (Phi) is 4.96. The fourth-order valence-electron chi connectivity index (χ4n) is 2.76. The second kappa shape index (κ2) is 6.70. The van der Waals surface area contributed by atoms with Crippen molar-refractivity contribution in [1.29, 1.82) is 0 Å². The summed E-state index contributed by atoms with van der Waals surface area (Å²) < 4.78 is 0. The van der Waals surface area contributed by atoms with E-state index in [0.717, 1.165) is 37.3 Å². The van der Waals surface area contributed by atoms with Crippen molar-refractivity contribution in [2.45, 2.75) is 32.6 Å². The Morgan fingerprint density at radius 3 is 3.05 bits per heavy atom. The molecule has 0 amide bonds. The maximum Gasteiger partial charge on any atom is 0.134 e. The molecule has 5 nitrogen and oxygen atoms in total. The highest BCUT2D eigenvalue weighted by molar-refractivity contribution is 5.54. The highest BCUT2D eigenvalue weighted by Gasteiger charge is 2.17.